The van der Waals surface area contributed by atoms with E-state index < -0.39 is 0 Å². The Kier molecular flexibility index (Phi) is 3.65. The van der Waals surface area contributed by atoms with Gasteiger partial charge in [0.05, 0.1) is 5.69 Å². The molecule has 20 heavy (non-hydrogen) atoms. The first-order valence-electron chi connectivity index (χ1n) is 6.47. The summed E-state index contributed by atoms with van der Waals surface area (Å²) in [7, 11) is 0. The largest absolute Gasteiger partial charge is 0.232 e. The molecule has 3 aromatic rings. The summed E-state index contributed by atoms with van der Waals surface area (Å²) in [5.41, 5.74) is 4.30. The molecule has 0 spiro atoms. The van der Waals surface area contributed by atoms with E-state index in [9.17, 15) is 0 Å². The molecular weight excluding hydrogens is 266 g/mol. The summed E-state index contributed by atoms with van der Waals surface area (Å²) in [4.78, 5) is 13.5. The van der Waals surface area contributed by atoms with Gasteiger partial charge in [0.25, 0.3) is 0 Å². The van der Waals surface area contributed by atoms with E-state index in [0.29, 0.717) is 0 Å². The van der Waals surface area contributed by atoms with Gasteiger partial charge in [0, 0.05) is 18.0 Å². The van der Waals surface area contributed by atoms with Crippen molar-refractivity contribution >= 4 is 22.8 Å². The molecule has 3 nitrogen and oxygen atoms in total. The molecule has 0 radical (unpaired) electrons. The van der Waals surface area contributed by atoms with E-state index in [4.69, 9.17) is 4.98 Å². The van der Waals surface area contributed by atoms with Gasteiger partial charge >= 0.3 is 0 Å². The molecule has 1 aromatic carbocycles. The zero-order valence-electron chi connectivity index (χ0n) is 11.5. The summed E-state index contributed by atoms with van der Waals surface area (Å²) in [6, 6.07) is 12.5. The van der Waals surface area contributed by atoms with Crippen LogP contribution in [-0.4, -0.2) is 21.2 Å². The Bertz CT molecular complexity index is 741. The molecule has 0 atom stereocenters. The van der Waals surface area contributed by atoms with Crippen molar-refractivity contribution in [3.63, 3.8) is 0 Å². The van der Waals surface area contributed by atoms with Crippen molar-refractivity contribution in [3.05, 3.63) is 59.4 Å². The maximum Gasteiger partial charge on any atom is 0.189 e. The highest BCUT2D eigenvalue weighted by Gasteiger charge is 2.07. The van der Waals surface area contributed by atoms with Gasteiger partial charge in [-0.15, -0.1) is 0 Å². The van der Waals surface area contributed by atoms with E-state index in [1.54, 1.807) is 0 Å². The first-order chi connectivity index (χ1) is 9.76. The Hall–Kier alpha value is -1.94. The number of thioether (sulfide) groups is 1. The smallest absolute Gasteiger partial charge is 0.189 e. The lowest BCUT2D eigenvalue weighted by atomic mass is 10.1. The molecular formula is C16H15N3S. The van der Waals surface area contributed by atoms with Crippen LogP contribution >= 0.6 is 11.8 Å². The van der Waals surface area contributed by atoms with E-state index in [0.717, 1.165) is 28.3 Å². The van der Waals surface area contributed by atoms with Crippen molar-refractivity contribution in [1.82, 2.24) is 15.0 Å². The normalized spacial score (nSPS) is 10.9. The lowest BCUT2D eigenvalue weighted by molar-refractivity contribution is 0.971. The monoisotopic (exact) mass is 281 g/mol. The van der Waals surface area contributed by atoms with Crippen molar-refractivity contribution in [3.8, 4) is 0 Å². The third-order valence-electron chi connectivity index (χ3n) is 3.24. The number of rotatable bonds is 3. The minimum absolute atomic E-state index is 0.763. The maximum absolute atomic E-state index is 4.71. The van der Waals surface area contributed by atoms with Gasteiger partial charge < -0.3 is 0 Å². The molecule has 0 saturated carbocycles. The molecule has 0 aliphatic heterocycles. The molecule has 0 saturated heterocycles. The summed E-state index contributed by atoms with van der Waals surface area (Å²) in [5, 5.41) is 1.76. The second-order valence-electron chi connectivity index (χ2n) is 4.68. The van der Waals surface area contributed by atoms with Crippen LogP contribution in [0, 0.1) is 6.92 Å². The Morgan fingerprint density at radius 2 is 1.90 bits per heavy atom. The Labute approximate surface area is 122 Å². The first kappa shape index (κ1) is 13.1. The van der Waals surface area contributed by atoms with Gasteiger partial charge in [0.15, 0.2) is 10.8 Å². The lowest BCUT2D eigenvalue weighted by Gasteiger charge is -2.07. The fourth-order valence-corrected chi connectivity index (χ4v) is 2.49. The van der Waals surface area contributed by atoms with Gasteiger partial charge in [-0.3, -0.25) is 0 Å². The molecule has 0 fully saturated rings. The minimum Gasteiger partial charge on any atom is -0.232 e. The number of pyridine rings is 1. The van der Waals surface area contributed by atoms with Crippen molar-refractivity contribution < 1.29 is 0 Å². The van der Waals surface area contributed by atoms with Gasteiger partial charge in [-0.2, -0.15) is 0 Å². The third-order valence-corrected chi connectivity index (χ3v) is 3.80. The van der Waals surface area contributed by atoms with Crippen molar-refractivity contribution in [1.29, 1.82) is 0 Å². The number of aromatic nitrogens is 3. The quantitative estimate of drug-likeness (QED) is 0.542. The van der Waals surface area contributed by atoms with Crippen molar-refractivity contribution in [2.45, 2.75) is 18.5 Å². The van der Waals surface area contributed by atoms with Gasteiger partial charge in [-0.25, -0.2) is 15.0 Å². The number of hydrogen-bond acceptors (Lipinski definition) is 4. The maximum atomic E-state index is 4.71. The van der Waals surface area contributed by atoms with Gasteiger partial charge in [0.1, 0.15) is 0 Å². The molecule has 4 heteroatoms. The van der Waals surface area contributed by atoms with Gasteiger partial charge in [0.2, 0.25) is 0 Å². The van der Waals surface area contributed by atoms with E-state index in [1.165, 1.54) is 22.9 Å². The van der Waals surface area contributed by atoms with Crippen molar-refractivity contribution in [2.24, 2.45) is 0 Å². The molecule has 0 bridgehead atoms. The summed E-state index contributed by atoms with van der Waals surface area (Å²) < 4.78 is 0. The second kappa shape index (κ2) is 5.59. The molecule has 2 heterocycles. The molecule has 0 amide bonds. The topological polar surface area (TPSA) is 38.7 Å². The van der Waals surface area contributed by atoms with Crippen LogP contribution in [0.2, 0.25) is 0 Å². The number of aryl methyl sites for hydroxylation is 1. The minimum atomic E-state index is 0.763. The summed E-state index contributed by atoms with van der Waals surface area (Å²) in [6.07, 6.45) is 4.65. The standard InChI is InChI=1S/C16H15N3S/c1-11-8-13-10-17-16(20-2)19-15(13)18-14(11)9-12-6-4-3-5-7-12/h3-8,10H,9H2,1-2H3. The summed E-state index contributed by atoms with van der Waals surface area (Å²) in [6.45, 7) is 2.09. The van der Waals surface area contributed by atoms with E-state index in [2.05, 4.69) is 47.2 Å². The second-order valence-corrected chi connectivity index (χ2v) is 5.46. The Morgan fingerprint density at radius 3 is 2.65 bits per heavy atom. The van der Waals surface area contributed by atoms with Gasteiger partial charge in [-0.05, 0) is 30.4 Å². The molecule has 100 valence electrons. The SMILES string of the molecule is CSc1ncc2cc(C)c(Cc3ccccc3)nc2n1. The fraction of sp³-hybridized carbons (Fsp3) is 0.188. The highest BCUT2D eigenvalue weighted by Crippen LogP contribution is 2.19. The fourth-order valence-electron chi connectivity index (χ4n) is 2.16. The van der Waals surface area contributed by atoms with Crippen LogP contribution in [-0.2, 0) is 6.42 Å². The zero-order chi connectivity index (χ0) is 13.9. The molecule has 0 aliphatic rings. The van der Waals surface area contributed by atoms with Crippen LogP contribution in [0.15, 0.2) is 47.8 Å². The van der Waals surface area contributed by atoms with Gasteiger partial charge in [-0.1, -0.05) is 42.1 Å². The average Bonchev–Trinajstić information content (AvgIpc) is 2.48. The van der Waals surface area contributed by atoms with Crippen LogP contribution in [0.3, 0.4) is 0 Å². The number of fused-ring (bicyclic) bond motifs is 1. The summed E-state index contributed by atoms with van der Waals surface area (Å²) >= 11 is 1.54. The van der Waals surface area contributed by atoms with Crippen LogP contribution in [0.25, 0.3) is 11.0 Å². The van der Waals surface area contributed by atoms with Crippen LogP contribution < -0.4 is 0 Å². The predicted molar refractivity (Wildman–Crippen MR) is 83.1 cm³/mol. The molecule has 3 rings (SSSR count). The van der Waals surface area contributed by atoms with Crippen molar-refractivity contribution in [2.75, 3.05) is 6.26 Å². The number of benzene rings is 1. The average molecular weight is 281 g/mol. The molecule has 0 aliphatic carbocycles. The first-order valence-corrected chi connectivity index (χ1v) is 7.70. The number of hydrogen-bond donors (Lipinski definition) is 0. The van der Waals surface area contributed by atoms with E-state index in [-0.39, 0.29) is 0 Å². The van der Waals surface area contributed by atoms with E-state index >= 15 is 0 Å². The Morgan fingerprint density at radius 1 is 1.10 bits per heavy atom. The highest BCUT2D eigenvalue weighted by molar-refractivity contribution is 7.98. The molecule has 0 N–H and O–H groups in total. The highest BCUT2D eigenvalue weighted by atomic mass is 32.2. The lowest BCUT2D eigenvalue weighted by Crippen LogP contribution is -1.99. The summed E-state index contributed by atoms with van der Waals surface area (Å²) in [5.74, 6) is 0. The number of nitrogens with zero attached hydrogens (tertiary/aromatic N) is 3. The van der Waals surface area contributed by atoms with Crippen LogP contribution in [0.5, 0.6) is 0 Å². The Balaban J connectivity index is 2.04. The van der Waals surface area contributed by atoms with Crippen LogP contribution in [0.4, 0.5) is 0 Å². The van der Waals surface area contributed by atoms with Crippen LogP contribution in [0.1, 0.15) is 16.8 Å². The third kappa shape index (κ3) is 2.65. The molecule has 0 unspecified atom stereocenters. The van der Waals surface area contributed by atoms with E-state index in [1.807, 2.05) is 18.5 Å². The molecule has 2 aromatic heterocycles. The zero-order valence-corrected chi connectivity index (χ0v) is 12.3. The predicted octanol–water partition coefficient (Wildman–Crippen LogP) is 3.65.